The predicted molar refractivity (Wildman–Crippen MR) is 166 cm³/mol. The Morgan fingerprint density at radius 2 is 1.17 bits per heavy atom. The van der Waals surface area contributed by atoms with E-state index in [1.165, 1.54) is 0 Å². The largest absolute Gasteiger partial charge is 0.465 e. The number of nitrogens with one attached hydrogen (secondary N) is 3. The average molecular weight is 596 g/mol. The summed E-state index contributed by atoms with van der Waals surface area (Å²) in [5.41, 5.74) is -1.30. The quantitative estimate of drug-likeness (QED) is 0.159. The summed E-state index contributed by atoms with van der Waals surface area (Å²) in [4.78, 5) is 40.1. The predicted octanol–water partition coefficient (Wildman–Crippen LogP) is 5.19. The Hall–Kier alpha value is -1.71. The fourth-order valence-electron chi connectivity index (χ4n) is 7.11. The third kappa shape index (κ3) is 12.1. The highest BCUT2D eigenvalue weighted by molar-refractivity contribution is 5.98. The van der Waals surface area contributed by atoms with E-state index in [4.69, 9.17) is 14.2 Å². The Bertz CT molecular complexity index is 937. The second-order valence-corrected chi connectivity index (χ2v) is 16.7. The van der Waals surface area contributed by atoms with Crippen LogP contribution in [0.2, 0.25) is 0 Å². The van der Waals surface area contributed by atoms with Crippen molar-refractivity contribution < 1.29 is 28.6 Å². The van der Waals surface area contributed by atoms with Crippen molar-refractivity contribution in [1.82, 2.24) is 16.0 Å². The number of esters is 3. The SMILES string of the molecule is CCC(C)(C)NC(C)(C)CCOC(=O)C(CC(=O)OC1CC(C)(C)NC(C)(C)C1)C(=O)OC1CC(C)(C)NC(C)(C)C1. The summed E-state index contributed by atoms with van der Waals surface area (Å²) >= 11 is 0. The molecule has 0 aromatic carbocycles. The van der Waals surface area contributed by atoms with Crippen molar-refractivity contribution in [3.63, 3.8) is 0 Å². The molecule has 0 aromatic heterocycles. The van der Waals surface area contributed by atoms with Crippen LogP contribution in [0.1, 0.15) is 135 Å². The smallest absolute Gasteiger partial charge is 0.321 e. The van der Waals surface area contributed by atoms with Crippen molar-refractivity contribution in [2.24, 2.45) is 5.92 Å². The first-order valence-corrected chi connectivity index (χ1v) is 15.8. The van der Waals surface area contributed by atoms with Gasteiger partial charge in [-0.25, -0.2) is 0 Å². The molecule has 9 nitrogen and oxygen atoms in total. The van der Waals surface area contributed by atoms with E-state index in [1.54, 1.807) is 0 Å². The van der Waals surface area contributed by atoms with Gasteiger partial charge in [-0.2, -0.15) is 0 Å². The molecule has 2 aliphatic rings. The van der Waals surface area contributed by atoms with Gasteiger partial charge < -0.3 is 30.2 Å². The number of hydrogen-bond donors (Lipinski definition) is 3. The van der Waals surface area contributed by atoms with Crippen LogP contribution in [-0.4, -0.2) is 70.0 Å². The zero-order chi connectivity index (χ0) is 32.4. The maximum absolute atomic E-state index is 13.5. The fourth-order valence-corrected chi connectivity index (χ4v) is 7.11. The molecule has 3 N–H and O–H groups in total. The third-order valence-electron chi connectivity index (χ3n) is 8.36. The van der Waals surface area contributed by atoms with E-state index in [9.17, 15) is 14.4 Å². The summed E-state index contributed by atoms with van der Waals surface area (Å²) in [6, 6.07) is 0. The molecule has 2 aliphatic heterocycles. The van der Waals surface area contributed by atoms with E-state index in [0.717, 1.165) is 6.42 Å². The Kier molecular flexibility index (Phi) is 11.4. The van der Waals surface area contributed by atoms with Crippen molar-refractivity contribution in [1.29, 1.82) is 0 Å². The fraction of sp³-hybridized carbons (Fsp3) is 0.909. The van der Waals surface area contributed by atoms with Crippen LogP contribution in [0, 0.1) is 5.92 Å². The minimum absolute atomic E-state index is 0.0716. The van der Waals surface area contributed by atoms with Gasteiger partial charge in [0.15, 0.2) is 5.92 Å². The summed E-state index contributed by atoms with van der Waals surface area (Å²) < 4.78 is 17.4. The zero-order valence-electron chi connectivity index (χ0n) is 28.8. The van der Waals surface area contributed by atoms with Crippen LogP contribution in [-0.2, 0) is 28.6 Å². The van der Waals surface area contributed by atoms with Crippen LogP contribution in [0.5, 0.6) is 0 Å². The number of hydrogen-bond acceptors (Lipinski definition) is 9. The summed E-state index contributed by atoms with van der Waals surface area (Å²) in [6.45, 7) is 27.2. The van der Waals surface area contributed by atoms with Crippen molar-refractivity contribution in [2.45, 2.75) is 180 Å². The lowest BCUT2D eigenvalue weighted by atomic mass is 9.81. The molecule has 0 amide bonds. The maximum Gasteiger partial charge on any atom is 0.321 e. The van der Waals surface area contributed by atoms with Crippen molar-refractivity contribution in [2.75, 3.05) is 6.61 Å². The maximum atomic E-state index is 13.5. The lowest BCUT2D eigenvalue weighted by molar-refractivity contribution is -0.173. The molecule has 0 spiro atoms. The Morgan fingerprint density at radius 1 is 0.738 bits per heavy atom. The van der Waals surface area contributed by atoms with Gasteiger partial charge in [0.05, 0.1) is 13.0 Å². The van der Waals surface area contributed by atoms with Gasteiger partial charge in [-0.1, -0.05) is 6.92 Å². The van der Waals surface area contributed by atoms with Gasteiger partial charge in [-0.3, -0.25) is 14.4 Å². The molecule has 2 fully saturated rings. The van der Waals surface area contributed by atoms with Gasteiger partial charge in [0.1, 0.15) is 12.2 Å². The minimum atomic E-state index is -1.38. The van der Waals surface area contributed by atoms with E-state index >= 15 is 0 Å². The normalized spacial score (nSPS) is 23.1. The number of carbonyl (C=O) groups is 3. The molecule has 9 heteroatoms. The lowest BCUT2D eigenvalue weighted by Gasteiger charge is -2.46. The van der Waals surface area contributed by atoms with Gasteiger partial charge in [-0.05, 0) is 95.9 Å². The van der Waals surface area contributed by atoms with Crippen molar-refractivity contribution >= 4 is 17.9 Å². The van der Waals surface area contributed by atoms with E-state index in [1.807, 2.05) is 0 Å². The molecule has 244 valence electrons. The molecule has 2 rings (SSSR count). The molecule has 0 saturated carbocycles. The second-order valence-electron chi connectivity index (χ2n) is 16.7. The molecule has 0 bridgehead atoms. The van der Waals surface area contributed by atoms with Crippen LogP contribution in [0.15, 0.2) is 0 Å². The Balaban J connectivity index is 2.14. The third-order valence-corrected chi connectivity index (χ3v) is 8.36. The first-order valence-electron chi connectivity index (χ1n) is 15.8. The van der Waals surface area contributed by atoms with Crippen molar-refractivity contribution in [3.8, 4) is 0 Å². The van der Waals surface area contributed by atoms with Crippen LogP contribution in [0.4, 0.5) is 0 Å². The van der Waals surface area contributed by atoms with Gasteiger partial charge in [0.25, 0.3) is 0 Å². The highest BCUT2D eigenvalue weighted by Gasteiger charge is 2.43. The molecular weight excluding hydrogens is 534 g/mol. The van der Waals surface area contributed by atoms with Gasteiger partial charge in [0.2, 0.25) is 0 Å². The molecule has 0 aromatic rings. The van der Waals surface area contributed by atoms with Crippen molar-refractivity contribution in [3.05, 3.63) is 0 Å². The summed E-state index contributed by atoms with van der Waals surface area (Å²) in [7, 11) is 0. The number of piperidine rings is 2. The number of ether oxygens (including phenoxy) is 3. The van der Waals surface area contributed by atoms with Crippen LogP contribution < -0.4 is 16.0 Å². The van der Waals surface area contributed by atoms with E-state index in [2.05, 4.69) is 106 Å². The summed E-state index contributed by atoms with van der Waals surface area (Å²) in [5.74, 6) is -3.46. The molecule has 42 heavy (non-hydrogen) atoms. The standard InChI is InChI=1S/C33H61N3O6/c1-14-28(2,3)34-29(4,5)15-16-40-26(38)24(27(39)42-23-20-32(10,11)36-33(12,13)21-23)17-25(37)41-22-18-30(6,7)35-31(8,9)19-22/h22-24,34-36H,14-21H2,1-13H3. The topological polar surface area (TPSA) is 115 Å². The molecule has 1 atom stereocenters. The summed E-state index contributed by atoms with van der Waals surface area (Å²) in [6.07, 6.45) is 2.84. The number of rotatable bonds is 12. The van der Waals surface area contributed by atoms with Gasteiger partial charge >= 0.3 is 17.9 Å². The average Bonchev–Trinajstić information content (AvgIpc) is 2.71. The molecule has 0 aliphatic carbocycles. The van der Waals surface area contributed by atoms with Gasteiger partial charge in [0, 0.05) is 58.9 Å². The summed E-state index contributed by atoms with van der Waals surface area (Å²) in [5, 5.41) is 10.7. The molecule has 2 heterocycles. The molecule has 1 unspecified atom stereocenters. The highest BCUT2D eigenvalue weighted by Crippen LogP contribution is 2.33. The highest BCUT2D eigenvalue weighted by atomic mass is 16.6. The molecular formula is C33H61N3O6. The minimum Gasteiger partial charge on any atom is -0.465 e. The van der Waals surface area contributed by atoms with E-state index < -0.39 is 30.2 Å². The van der Waals surface area contributed by atoms with Crippen LogP contribution >= 0.6 is 0 Å². The van der Waals surface area contributed by atoms with E-state index in [-0.39, 0.29) is 52.0 Å². The monoisotopic (exact) mass is 595 g/mol. The van der Waals surface area contributed by atoms with Gasteiger partial charge in [-0.15, -0.1) is 0 Å². The first kappa shape index (κ1) is 36.5. The zero-order valence-corrected chi connectivity index (χ0v) is 28.8. The second kappa shape index (κ2) is 13.1. The molecule has 2 saturated heterocycles. The van der Waals surface area contributed by atoms with E-state index in [0.29, 0.717) is 32.1 Å². The first-order chi connectivity index (χ1) is 18.8. The lowest BCUT2D eigenvalue weighted by Crippen LogP contribution is -2.60. The number of carbonyl (C=O) groups excluding carboxylic acids is 3. The Labute approximate surface area is 255 Å². The van der Waals surface area contributed by atoms with Crippen LogP contribution in [0.3, 0.4) is 0 Å². The van der Waals surface area contributed by atoms with Crippen LogP contribution in [0.25, 0.3) is 0 Å². The molecule has 0 radical (unpaired) electrons. The Morgan fingerprint density at radius 3 is 1.60 bits per heavy atom.